The molecule has 2 fully saturated rings. The summed E-state index contributed by atoms with van der Waals surface area (Å²) in [5.41, 5.74) is 2.02. The van der Waals surface area contributed by atoms with Crippen LogP contribution in [0.5, 0.6) is 0 Å². The van der Waals surface area contributed by atoms with Gasteiger partial charge in [-0.05, 0) is 42.7 Å². The van der Waals surface area contributed by atoms with Crippen LogP contribution in [0.15, 0.2) is 37.2 Å². The number of carbonyl (C=O) groups excluding carboxylic acids is 2. The van der Waals surface area contributed by atoms with Crippen LogP contribution >= 0.6 is 11.6 Å². The van der Waals surface area contributed by atoms with E-state index in [0.717, 1.165) is 18.4 Å². The second kappa shape index (κ2) is 7.88. The summed E-state index contributed by atoms with van der Waals surface area (Å²) in [7, 11) is 1.53. The minimum absolute atomic E-state index is 0.0792. The number of nitrogens with zero attached hydrogens (tertiary/aromatic N) is 4. The van der Waals surface area contributed by atoms with E-state index in [1.54, 1.807) is 12.1 Å². The van der Waals surface area contributed by atoms with Gasteiger partial charge in [-0.2, -0.15) is 0 Å². The molecule has 0 aromatic carbocycles. The van der Waals surface area contributed by atoms with E-state index in [-0.39, 0.29) is 40.8 Å². The van der Waals surface area contributed by atoms with Gasteiger partial charge in [0.2, 0.25) is 5.91 Å². The van der Waals surface area contributed by atoms with Gasteiger partial charge in [0.05, 0.1) is 30.1 Å². The molecule has 2 bridgehead atoms. The number of nitrogens with one attached hydrogen (secondary N) is 1. The lowest BCUT2D eigenvalue weighted by Gasteiger charge is -2.39. The Bertz CT molecular complexity index is 982. The highest BCUT2D eigenvalue weighted by Crippen LogP contribution is 2.41. The van der Waals surface area contributed by atoms with E-state index in [9.17, 15) is 9.59 Å². The van der Waals surface area contributed by atoms with Gasteiger partial charge in [0.15, 0.2) is 0 Å². The normalized spacial score (nSPS) is 23.0. The van der Waals surface area contributed by atoms with Gasteiger partial charge >= 0.3 is 0 Å². The Morgan fingerprint density at radius 1 is 1.28 bits per heavy atom. The number of halogens is 1. The molecule has 0 radical (unpaired) electrons. The van der Waals surface area contributed by atoms with Gasteiger partial charge in [-0.25, -0.2) is 15.0 Å². The highest BCUT2D eigenvalue weighted by atomic mass is 35.5. The lowest BCUT2D eigenvalue weighted by molar-refractivity contribution is -0.142. The van der Waals surface area contributed by atoms with Crippen molar-refractivity contribution in [2.75, 3.05) is 13.7 Å². The molecule has 0 unspecified atom stereocenters. The van der Waals surface area contributed by atoms with Crippen molar-refractivity contribution < 1.29 is 14.3 Å². The molecule has 4 heterocycles. The number of aromatic nitrogens is 3. The molecule has 2 aromatic rings. The number of ether oxygens (including phenoxy) is 1. The van der Waals surface area contributed by atoms with E-state index < -0.39 is 0 Å². The lowest BCUT2D eigenvalue weighted by Crippen LogP contribution is -2.49. The first-order valence-electron chi connectivity index (χ1n) is 9.30. The van der Waals surface area contributed by atoms with Crippen LogP contribution in [0.3, 0.4) is 0 Å². The summed E-state index contributed by atoms with van der Waals surface area (Å²) < 4.78 is 6.09. The Hall–Kier alpha value is -2.84. The van der Waals surface area contributed by atoms with Crippen LogP contribution in [0.1, 0.15) is 35.0 Å². The van der Waals surface area contributed by atoms with Crippen molar-refractivity contribution in [1.82, 2.24) is 25.2 Å². The van der Waals surface area contributed by atoms with E-state index in [1.165, 1.54) is 19.5 Å². The van der Waals surface area contributed by atoms with E-state index in [4.69, 9.17) is 16.3 Å². The summed E-state index contributed by atoms with van der Waals surface area (Å²) in [6, 6.07) is 5.13. The van der Waals surface area contributed by atoms with Crippen molar-refractivity contribution in [3.8, 4) is 11.4 Å². The fourth-order valence-electron chi connectivity index (χ4n) is 4.03. The summed E-state index contributed by atoms with van der Waals surface area (Å²) >= 11 is 6.29. The van der Waals surface area contributed by atoms with E-state index >= 15 is 0 Å². The molecule has 0 aliphatic carbocycles. The summed E-state index contributed by atoms with van der Waals surface area (Å²) in [5.74, 6) is -0.403. The largest absolute Gasteiger partial charge is 0.369 e. The third kappa shape index (κ3) is 3.61. The zero-order chi connectivity index (χ0) is 20.5. The molecule has 4 rings (SSSR count). The van der Waals surface area contributed by atoms with Gasteiger partial charge in [-0.1, -0.05) is 18.2 Å². The molecular formula is C20H20ClN5O3. The van der Waals surface area contributed by atoms with E-state index in [0.29, 0.717) is 18.0 Å². The number of hydrogen-bond donors (Lipinski definition) is 1. The van der Waals surface area contributed by atoms with Crippen LogP contribution in [0.25, 0.3) is 11.4 Å². The molecule has 2 saturated heterocycles. The van der Waals surface area contributed by atoms with Crippen molar-refractivity contribution in [3.63, 3.8) is 0 Å². The number of morpholine rings is 1. The first-order valence-corrected chi connectivity index (χ1v) is 9.68. The third-order valence-corrected chi connectivity index (χ3v) is 5.52. The van der Waals surface area contributed by atoms with Crippen molar-refractivity contribution >= 4 is 23.4 Å². The smallest absolute Gasteiger partial charge is 0.269 e. The molecule has 2 aromatic heterocycles. The monoisotopic (exact) mass is 413 g/mol. The van der Waals surface area contributed by atoms with Gasteiger partial charge in [0, 0.05) is 7.05 Å². The minimum atomic E-state index is -0.322. The van der Waals surface area contributed by atoms with Crippen molar-refractivity contribution in [1.29, 1.82) is 0 Å². The van der Waals surface area contributed by atoms with Crippen molar-refractivity contribution in [2.24, 2.45) is 0 Å². The Kier molecular flexibility index (Phi) is 5.29. The van der Waals surface area contributed by atoms with E-state index in [2.05, 4.69) is 26.8 Å². The number of pyridine rings is 1. The SMILES string of the molecule is C=CC(=O)N1[C@@H]2CC[C@H]1[C@H](c1cc(Cl)nc(-c3cc(C(=O)NC)ncn3)c1)OC2. The maximum atomic E-state index is 12.3. The zero-order valence-electron chi connectivity index (χ0n) is 15.8. The van der Waals surface area contributed by atoms with Crippen LogP contribution in [-0.4, -0.2) is 57.4 Å². The van der Waals surface area contributed by atoms with Crippen molar-refractivity contribution in [2.45, 2.75) is 31.0 Å². The molecule has 0 spiro atoms. The van der Waals surface area contributed by atoms with Crippen LogP contribution in [0.2, 0.25) is 5.15 Å². The fraction of sp³-hybridized carbons (Fsp3) is 0.350. The van der Waals surface area contributed by atoms with Crippen LogP contribution in [0, 0.1) is 0 Å². The predicted molar refractivity (Wildman–Crippen MR) is 106 cm³/mol. The third-order valence-electron chi connectivity index (χ3n) is 5.33. The van der Waals surface area contributed by atoms with Crippen molar-refractivity contribution in [3.05, 3.63) is 53.6 Å². The fourth-order valence-corrected chi connectivity index (χ4v) is 4.24. The van der Waals surface area contributed by atoms with Crippen LogP contribution < -0.4 is 5.32 Å². The van der Waals surface area contributed by atoms with Crippen LogP contribution in [0.4, 0.5) is 0 Å². The predicted octanol–water partition coefficient (Wildman–Crippen LogP) is 2.17. The van der Waals surface area contributed by atoms with E-state index in [1.807, 2.05) is 11.0 Å². The summed E-state index contributed by atoms with van der Waals surface area (Å²) in [6.07, 6.45) is 4.08. The Labute approximate surface area is 173 Å². The molecular weight excluding hydrogens is 394 g/mol. The molecule has 1 N–H and O–H groups in total. The molecule has 8 nitrogen and oxygen atoms in total. The second-order valence-corrected chi connectivity index (χ2v) is 7.37. The Morgan fingerprint density at radius 3 is 2.86 bits per heavy atom. The number of amides is 2. The second-order valence-electron chi connectivity index (χ2n) is 6.98. The molecule has 0 saturated carbocycles. The number of hydrogen-bond acceptors (Lipinski definition) is 6. The topological polar surface area (TPSA) is 97.3 Å². The van der Waals surface area contributed by atoms with Gasteiger partial charge in [0.1, 0.15) is 23.3 Å². The maximum absolute atomic E-state index is 12.3. The number of fused-ring (bicyclic) bond motifs is 2. The summed E-state index contributed by atoms with van der Waals surface area (Å²) in [4.78, 5) is 38.6. The molecule has 2 aliphatic rings. The Morgan fingerprint density at radius 2 is 2.10 bits per heavy atom. The highest BCUT2D eigenvalue weighted by Gasteiger charge is 2.45. The van der Waals surface area contributed by atoms with Gasteiger partial charge < -0.3 is 15.0 Å². The molecule has 2 amide bonds. The average Bonchev–Trinajstić information content (AvgIpc) is 3.04. The van der Waals surface area contributed by atoms with Gasteiger partial charge in [0.25, 0.3) is 5.91 Å². The molecule has 3 atom stereocenters. The highest BCUT2D eigenvalue weighted by molar-refractivity contribution is 6.29. The number of rotatable bonds is 4. The molecule has 29 heavy (non-hydrogen) atoms. The lowest BCUT2D eigenvalue weighted by atomic mass is 9.99. The zero-order valence-corrected chi connectivity index (χ0v) is 16.6. The Balaban J connectivity index is 1.70. The first kappa shape index (κ1) is 19.5. The molecule has 2 aliphatic heterocycles. The summed E-state index contributed by atoms with van der Waals surface area (Å²) in [6.45, 7) is 4.08. The first-order chi connectivity index (χ1) is 14.0. The van der Waals surface area contributed by atoms with Crippen LogP contribution in [-0.2, 0) is 9.53 Å². The average molecular weight is 414 g/mol. The quantitative estimate of drug-likeness (QED) is 0.609. The number of carbonyl (C=O) groups is 2. The molecule has 9 heteroatoms. The van der Waals surface area contributed by atoms with Gasteiger partial charge in [-0.3, -0.25) is 9.59 Å². The molecule has 150 valence electrons. The minimum Gasteiger partial charge on any atom is -0.369 e. The van der Waals surface area contributed by atoms with Gasteiger partial charge in [-0.15, -0.1) is 0 Å². The maximum Gasteiger partial charge on any atom is 0.269 e. The summed E-state index contributed by atoms with van der Waals surface area (Å²) in [5, 5.41) is 2.81. The standard InChI is InChI=1S/C20H20ClN5O3/c1-3-18(27)26-12-4-5-16(26)19(29-9-12)11-6-14(25-17(21)7-11)13-8-15(20(28)22-2)24-10-23-13/h3,6-8,10,12,16,19H,1,4-5,9H2,2H3,(H,22,28)/t12-,16+,19+/m1/s1.